The molecule has 2 aliphatic heterocycles. The van der Waals surface area contributed by atoms with Crippen LogP contribution in [0.5, 0.6) is 0 Å². The number of aromatic amines is 2. The van der Waals surface area contributed by atoms with Crippen molar-refractivity contribution in [2.75, 3.05) is 20.2 Å². The molecule has 0 spiro atoms. The molecule has 15 heteroatoms. The van der Waals surface area contributed by atoms with E-state index >= 15 is 0 Å². The van der Waals surface area contributed by atoms with Crippen LogP contribution in [0.2, 0.25) is 0 Å². The first-order valence-corrected chi connectivity index (χ1v) is 18.1. The fourth-order valence-corrected chi connectivity index (χ4v) is 7.21. The first-order chi connectivity index (χ1) is 26.5. The van der Waals surface area contributed by atoms with Gasteiger partial charge in [-0.25, -0.2) is 19.6 Å². The summed E-state index contributed by atoms with van der Waals surface area (Å²) in [5.41, 5.74) is 3.23. The number of likely N-dealkylation sites (tertiary alicyclic amines) is 2. The molecule has 2 unspecified atom stereocenters. The zero-order chi connectivity index (χ0) is 38.7. The fraction of sp³-hybridized carbons (Fsp3) is 0.325. The second-order valence-electron chi connectivity index (χ2n) is 13.6. The van der Waals surface area contributed by atoms with E-state index in [1.54, 1.807) is 35.4 Å². The number of imidazole rings is 2. The van der Waals surface area contributed by atoms with Gasteiger partial charge in [0, 0.05) is 18.7 Å². The summed E-state index contributed by atoms with van der Waals surface area (Å²) in [7, 11) is 1.18. The van der Waals surface area contributed by atoms with Gasteiger partial charge in [0.05, 0.1) is 31.1 Å². The summed E-state index contributed by atoms with van der Waals surface area (Å²) in [6.45, 7) is 2.58. The van der Waals surface area contributed by atoms with E-state index in [2.05, 4.69) is 30.0 Å². The Morgan fingerprint density at radius 2 is 1.44 bits per heavy atom. The quantitative estimate of drug-likeness (QED) is 0.138. The molecule has 5 aromatic rings. The van der Waals surface area contributed by atoms with Gasteiger partial charge in [0.2, 0.25) is 5.91 Å². The molecule has 286 valence electrons. The number of aromatic nitrogens is 4. The lowest BCUT2D eigenvalue weighted by Gasteiger charge is -2.26. The molecule has 3 N–H and O–H groups in total. The van der Waals surface area contributed by atoms with Gasteiger partial charge in [-0.3, -0.25) is 9.69 Å². The summed E-state index contributed by atoms with van der Waals surface area (Å²) in [5, 5.41) is 2.42. The second kappa shape index (κ2) is 15.7. The van der Waals surface area contributed by atoms with E-state index in [-0.39, 0.29) is 35.8 Å². The minimum Gasteiger partial charge on any atom is -0.453 e. The number of carbonyl (C=O) groups is 3. The SMILES string of the molecule is COC(=O)NC(C)C(=O)N1CCC[C@H]1c1nc(-c2ccc(-c3ccc(-c4cnc(C5CCCN5C(=O)OCc5ccccc5)[nH]4)cc3)cc2)c(C(F)(F)F)[nH]1. The first kappa shape index (κ1) is 37.2. The van der Waals surface area contributed by atoms with Gasteiger partial charge < -0.3 is 29.7 Å². The normalized spacial score (nSPS) is 17.6. The molecule has 2 saturated heterocycles. The Morgan fingerprint density at radius 3 is 2.07 bits per heavy atom. The number of rotatable bonds is 9. The van der Waals surface area contributed by atoms with E-state index < -0.39 is 36.0 Å². The largest absolute Gasteiger partial charge is 0.453 e. The zero-order valence-electron chi connectivity index (χ0n) is 30.2. The standard InChI is InChI=1S/C40H40F3N7O5/c1-24(45-38(52)54-2)37(51)49-20-6-11-32(49)36-47-33(34(48-36)40(41,42)43)29-18-14-27(15-19-29)26-12-16-28(17-13-26)30-22-44-35(46-30)31-10-7-21-50(31)39(53)55-23-25-8-4-3-5-9-25/h3-5,8-9,12-19,22,24,31-32H,6-7,10-11,20-21,23H2,1-2H3,(H,44,46)(H,45,52)(H,47,48)/t24?,31?,32-/m0/s1. The molecule has 2 aromatic heterocycles. The number of ether oxygens (including phenoxy) is 2. The smallest absolute Gasteiger partial charge is 0.433 e. The van der Waals surface area contributed by atoms with Crippen LogP contribution in [0.3, 0.4) is 0 Å². The molecule has 2 aliphatic rings. The zero-order valence-corrected chi connectivity index (χ0v) is 30.2. The predicted molar refractivity (Wildman–Crippen MR) is 196 cm³/mol. The number of alkyl carbamates (subject to hydrolysis) is 1. The summed E-state index contributed by atoms with van der Waals surface area (Å²) < 4.78 is 53.1. The second-order valence-corrected chi connectivity index (χ2v) is 13.6. The van der Waals surface area contributed by atoms with Gasteiger partial charge in [0.1, 0.15) is 35.7 Å². The van der Waals surface area contributed by atoms with E-state index in [9.17, 15) is 27.6 Å². The van der Waals surface area contributed by atoms with Crippen LogP contribution < -0.4 is 5.32 Å². The van der Waals surface area contributed by atoms with Gasteiger partial charge >= 0.3 is 18.4 Å². The van der Waals surface area contributed by atoms with E-state index in [0.717, 1.165) is 40.8 Å². The highest BCUT2D eigenvalue weighted by molar-refractivity contribution is 5.86. The van der Waals surface area contributed by atoms with Crippen molar-refractivity contribution in [2.24, 2.45) is 0 Å². The summed E-state index contributed by atoms with van der Waals surface area (Å²) in [4.78, 5) is 55.7. The average Bonchev–Trinajstić information content (AvgIpc) is 4.03. The molecule has 0 radical (unpaired) electrons. The van der Waals surface area contributed by atoms with E-state index in [1.165, 1.54) is 18.9 Å². The number of hydrogen-bond acceptors (Lipinski definition) is 7. The van der Waals surface area contributed by atoms with Crippen molar-refractivity contribution < 1.29 is 37.0 Å². The van der Waals surface area contributed by atoms with Gasteiger partial charge in [0.25, 0.3) is 0 Å². The van der Waals surface area contributed by atoms with Crippen LogP contribution in [0.15, 0.2) is 85.1 Å². The van der Waals surface area contributed by atoms with E-state index in [1.807, 2.05) is 54.6 Å². The number of amides is 3. The van der Waals surface area contributed by atoms with Crippen molar-refractivity contribution in [1.82, 2.24) is 35.1 Å². The number of halogens is 3. The third-order valence-electron chi connectivity index (χ3n) is 10.0. The number of carbonyl (C=O) groups excluding carboxylic acids is 3. The molecule has 0 bridgehead atoms. The van der Waals surface area contributed by atoms with E-state index in [4.69, 9.17) is 4.74 Å². The average molecular weight is 756 g/mol. The van der Waals surface area contributed by atoms with Crippen LogP contribution in [-0.2, 0) is 27.1 Å². The lowest BCUT2D eigenvalue weighted by atomic mass is 10.0. The summed E-state index contributed by atoms with van der Waals surface area (Å²) in [6.07, 6.45) is -1.56. The Morgan fingerprint density at radius 1 is 0.836 bits per heavy atom. The van der Waals surface area contributed by atoms with Crippen molar-refractivity contribution in [2.45, 2.75) is 63.5 Å². The van der Waals surface area contributed by atoms with Crippen LogP contribution in [-0.4, -0.2) is 74.1 Å². The van der Waals surface area contributed by atoms with Crippen molar-refractivity contribution >= 4 is 18.1 Å². The third-order valence-corrected chi connectivity index (χ3v) is 10.0. The minimum atomic E-state index is -4.73. The summed E-state index contributed by atoms with van der Waals surface area (Å²) >= 11 is 0. The van der Waals surface area contributed by atoms with Crippen LogP contribution in [0.25, 0.3) is 33.6 Å². The molecule has 3 atom stereocenters. The molecule has 12 nitrogen and oxygen atoms in total. The maximum atomic E-state index is 14.3. The van der Waals surface area contributed by atoms with Crippen molar-refractivity contribution in [3.8, 4) is 33.6 Å². The number of nitrogens with zero attached hydrogens (tertiary/aromatic N) is 4. The molecular formula is C40H40F3N7O5. The Labute approximate surface area is 315 Å². The predicted octanol–water partition coefficient (Wildman–Crippen LogP) is 8.03. The van der Waals surface area contributed by atoms with Crippen molar-refractivity contribution in [3.63, 3.8) is 0 Å². The molecular weight excluding hydrogens is 715 g/mol. The number of alkyl halides is 3. The summed E-state index contributed by atoms with van der Waals surface area (Å²) in [5.74, 6) is 0.268. The minimum absolute atomic E-state index is 0.0312. The number of hydrogen-bond donors (Lipinski definition) is 3. The van der Waals surface area contributed by atoms with Crippen LogP contribution in [0, 0.1) is 0 Å². The number of benzene rings is 3. The van der Waals surface area contributed by atoms with Crippen LogP contribution >= 0.6 is 0 Å². The third kappa shape index (κ3) is 8.05. The van der Waals surface area contributed by atoms with Gasteiger partial charge in [-0.1, -0.05) is 78.9 Å². The van der Waals surface area contributed by atoms with Crippen LogP contribution in [0.1, 0.15) is 67.6 Å². The fourth-order valence-electron chi connectivity index (χ4n) is 7.21. The molecule has 55 heavy (non-hydrogen) atoms. The highest BCUT2D eigenvalue weighted by Gasteiger charge is 2.41. The van der Waals surface area contributed by atoms with Crippen molar-refractivity contribution in [3.05, 3.63) is 108 Å². The Balaban J connectivity index is 1.04. The maximum Gasteiger partial charge on any atom is 0.433 e. The lowest BCUT2D eigenvalue weighted by Crippen LogP contribution is -2.46. The summed E-state index contributed by atoms with van der Waals surface area (Å²) in [6, 6.07) is 22.0. The molecule has 7 rings (SSSR count). The maximum absolute atomic E-state index is 14.3. The van der Waals surface area contributed by atoms with Crippen LogP contribution in [0.4, 0.5) is 22.8 Å². The lowest BCUT2D eigenvalue weighted by molar-refractivity contribution is -0.140. The number of nitrogens with one attached hydrogen (secondary N) is 3. The van der Waals surface area contributed by atoms with Gasteiger partial charge in [-0.15, -0.1) is 0 Å². The Hall–Kier alpha value is -6.12. The number of methoxy groups -OCH3 is 1. The highest BCUT2D eigenvalue weighted by Crippen LogP contribution is 2.40. The van der Waals surface area contributed by atoms with Gasteiger partial charge in [-0.05, 0) is 54.9 Å². The Kier molecular flexibility index (Phi) is 10.6. The monoisotopic (exact) mass is 755 g/mol. The first-order valence-electron chi connectivity index (χ1n) is 18.1. The Bertz CT molecular complexity index is 2130. The molecule has 3 aromatic carbocycles. The number of H-pyrrole nitrogens is 2. The molecule has 0 saturated carbocycles. The molecule has 3 amide bonds. The van der Waals surface area contributed by atoms with Gasteiger partial charge in [0.15, 0.2) is 0 Å². The molecule has 2 fully saturated rings. The highest BCUT2D eigenvalue weighted by atomic mass is 19.4. The van der Waals surface area contributed by atoms with Gasteiger partial charge in [-0.2, -0.15) is 13.2 Å². The molecule has 4 heterocycles. The van der Waals surface area contributed by atoms with E-state index in [0.29, 0.717) is 31.8 Å². The molecule has 0 aliphatic carbocycles. The topological polar surface area (TPSA) is 146 Å². The van der Waals surface area contributed by atoms with Crippen molar-refractivity contribution in [1.29, 1.82) is 0 Å².